The maximum absolute atomic E-state index is 10.6. The molecule has 0 radical (unpaired) electrons. The number of aromatic hydroxyl groups is 1. The lowest BCUT2D eigenvalue weighted by Crippen LogP contribution is -2.20. The maximum Gasteiger partial charge on any atom is 0.269 e. The zero-order chi connectivity index (χ0) is 45.9. The number of rotatable bonds is 19. The van der Waals surface area contributed by atoms with Crippen LogP contribution in [0, 0.1) is 20.2 Å². The van der Waals surface area contributed by atoms with Crippen LogP contribution in [0.2, 0.25) is 0 Å². The maximum atomic E-state index is 10.6. The smallest absolute Gasteiger partial charge is 0.269 e. The zero-order valence-electron chi connectivity index (χ0n) is 36.2. The van der Waals surface area contributed by atoms with Crippen molar-refractivity contribution in [2.45, 2.75) is 76.4 Å². The van der Waals surface area contributed by atoms with Gasteiger partial charge < -0.3 is 19.7 Å². The molecule has 0 atom stereocenters. The van der Waals surface area contributed by atoms with E-state index in [0.717, 1.165) is 64.6 Å². The fraction of sp³-hybridized carbons (Fsp3) is 0.269. The average molecular weight is 875 g/mol. The summed E-state index contributed by atoms with van der Waals surface area (Å²) >= 11 is 0. The van der Waals surface area contributed by atoms with Crippen LogP contribution in [0.4, 0.5) is 11.4 Å². The normalized spacial score (nSPS) is 11.2. The lowest BCUT2D eigenvalue weighted by molar-refractivity contribution is -0.385. The highest BCUT2D eigenvalue weighted by molar-refractivity contribution is 7.79. The quantitative estimate of drug-likeness (QED) is 0.0361. The van der Waals surface area contributed by atoms with Crippen LogP contribution in [0.1, 0.15) is 64.2 Å². The fourth-order valence-electron chi connectivity index (χ4n) is 5.74. The van der Waals surface area contributed by atoms with Crippen LogP contribution in [-0.2, 0) is 4.74 Å². The standard InChI is InChI=1S/C18H15P.C15H19NO3.C9H16O.C6H5NO3.C4H8O/c1-4-10-16(11-5-1)19(17-12-6-2-7-13-17)18-14-8-3-9-15-18;1-3-5-7-14(8-6-4-2)19-15-11-9-13(10-12-15)16(17)18;1-3-5-7-9(10)8-6-4-2;8-6-3-1-5(2-4-6)7(9)10;1-2-4-5-3-1/h1-15H;3-4,9-12,14H,1-2,5-8H2;3-4,9-10H,1-2,5-8H2;1-4,8H;1-4H2. The molecule has 1 aliphatic heterocycles. The van der Waals surface area contributed by atoms with Gasteiger partial charge in [-0.2, -0.15) is 0 Å². The number of nitro benzene ring substituents is 2. The van der Waals surface area contributed by atoms with Gasteiger partial charge in [-0.25, -0.2) is 0 Å². The molecule has 0 spiro atoms. The number of hydrogen-bond acceptors (Lipinski definition) is 8. The predicted octanol–water partition coefficient (Wildman–Crippen LogP) is 12.1. The van der Waals surface area contributed by atoms with Crippen LogP contribution >= 0.6 is 7.92 Å². The number of non-ortho nitro benzene ring substituents is 2. The number of ether oxygens (including phenoxy) is 2. The molecule has 5 aromatic rings. The summed E-state index contributed by atoms with van der Waals surface area (Å²) in [7, 11) is -0.446. The monoisotopic (exact) mass is 874 g/mol. The Hall–Kier alpha value is -6.19. The Bertz CT molecular complexity index is 1870. The summed E-state index contributed by atoms with van der Waals surface area (Å²) in [6, 6.07) is 43.5. The minimum absolute atomic E-state index is 0.0159. The lowest BCUT2D eigenvalue weighted by atomic mass is 10.1. The van der Waals surface area contributed by atoms with Gasteiger partial charge in [-0.1, -0.05) is 115 Å². The number of phenolic OH excluding ortho intramolecular Hbond substituents is 1. The second-order valence-electron chi connectivity index (χ2n) is 14.0. The molecule has 0 aromatic heterocycles. The SMILES string of the molecule is C1CCOC1.C=CCCC(CCC=C)Oc1ccc([N+](=O)[O-])cc1.C=CCCC(O)CCC=C.O=[N+]([O-])c1ccc(O)cc1.c1ccc(P(c2ccccc2)c2ccccc2)cc1. The van der Waals surface area contributed by atoms with Gasteiger partial charge in [-0.3, -0.25) is 20.2 Å². The summed E-state index contributed by atoms with van der Waals surface area (Å²) in [5.74, 6) is 0.689. The summed E-state index contributed by atoms with van der Waals surface area (Å²) in [6.07, 6.45) is 16.8. The molecule has 1 fully saturated rings. The molecule has 0 unspecified atom stereocenters. The van der Waals surface area contributed by atoms with E-state index in [9.17, 15) is 25.3 Å². The molecular formula is C52H63N2O8P. The molecule has 6 rings (SSSR count). The third kappa shape index (κ3) is 23.6. The minimum atomic E-state index is -0.514. The highest BCUT2D eigenvalue weighted by atomic mass is 31.1. The van der Waals surface area contributed by atoms with Crippen molar-refractivity contribution in [3.8, 4) is 11.5 Å². The Morgan fingerprint density at radius 1 is 0.571 bits per heavy atom. The van der Waals surface area contributed by atoms with Gasteiger partial charge in [0.25, 0.3) is 11.4 Å². The van der Waals surface area contributed by atoms with Crippen LogP contribution in [0.5, 0.6) is 11.5 Å². The van der Waals surface area contributed by atoms with Crippen molar-refractivity contribution in [3.05, 3.63) is 210 Å². The summed E-state index contributed by atoms with van der Waals surface area (Å²) < 4.78 is 10.8. The number of nitrogens with zero attached hydrogens (tertiary/aromatic N) is 2. The molecule has 11 heteroatoms. The molecule has 5 aromatic carbocycles. The summed E-state index contributed by atoms with van der Waals surface area (Å²) in [5, 5.41) is 42.7. The molecule has 1 saturated heterocycles. The van der Waals surface area contributed by atoms with Crippen molar-refractivity contribution in [1.29, 1.82) is 0 Å². The van der Waals surface area contributed by atoms with Gasteiger partial charge in [-0.15, -0.1) is 26.3 Å². The molecule has 0 aliphatic carbocycles. The van der Waals surface area contributed by atoms with Crippen molar-refractivity contribution in [2.24, 2.45) is 0 Å². The first-order chi connectivity index (χ1) is 30.6. The van der Waals surface area contributed by atoms with E-state index in [1.54, 1.807) is 12.1 Å². The number of benzene rings is 5. The highest BCUT2D eigenvalue weighted by Crippen LogP contribution is 2.32. The van der Waals surface area contributed by atoms with Gasteiger partial charge in [-0.05, 0) is 112 Å². The first-order valence-electron chi connectivity index (χ1n) is 21.1. The molecule has 1 aliphatic rings. The van der Waals surface area contributed by atoms with Gasteiger partial charge >= 0.3 is 0 Å². The van der Waals surface area contributed by atoms with Crippen LogP contribution in [0.15, 0.2) is 190 Å². The van der Waals surface area contributed by atoms with Gasteiger partial charge in [0.15, 0.2) is 0 Å². The number of allylic oxidation sites excluding steroid dienone is 4. The number of phenols is 1. The van der Waals surface area contributed by atoms with Crippen molar-refractivity contribution in [3.63, 3.8) is 0 Å². The van der Waals surface area contributed by atoms with Crippen molar-refractivity contribution in [1.82, 2.24) is 0 Å². The fourth-order valence-corrected chi connectivity index (χ4v) is 8.04. The predicted molar refractivity (Wildman–Crippen MR) is 261 cm³/mol. The van der Waals surface area contributed by atoms with Gasteiger partial charge in [0.1, 0.15) is 11.5 Å². The second kappa shape index (κ2) is 33.4. The minimum Gasteiger partial charge on any atom is -0.508 e. The Kier molecular flexibility index (Phi) is 28.1. The van der Waals surface area contributed by atoms with Crippen LogP contribution in [0.3, 0.4) is 0 Å². The molecule has 334 valence electrons. The number of nitro groups is 2. The van der Waals surface area contributed by atoms with Gasteiger partial charge in [0, 0.05) is 37.5 Å². The Balaban J connectivity index is 0.000000289. The van der Waals surface area contributed by atoms with Crippen molar-refractivity contribution < 1.29 is 29.5 Å². The summed E-state index contributed by atoms with van der Waals surface area (Å²) in [5.41, 5.74) is 0.0545. The molecule has 10 nitrogen and oxygen atoms in total. The van der Waals surface area contributed by atoms with E-state index in [1.165, 1.54) is 65.2 Å². The molecule has 0 amide bonds. The van der Waals surface area contributed by atoms with E-state index in [1.807, 2.05) is 24.3 Å². The Morgan fingerprint density at radius 2 is 0.921 bits per heavy atom. The molecule has 2 N–H and O–H groups in total. The molecule has 0 saturated carbocycles. The van der Waals surface area contributed by atoms with E-state index in [2.05, 4.69) is 117 Å². The average Bonchev–Trinajstić information content (AvgIpc) is 3.92. The first-order valence-corrected chi connectivity index (χ1v) is 22.5. The van der Waals surface area contributed by atoms with E-state index >= 15 is 0 Å². The molecular weight excluding hydrogens is 812 g/mol. The highest BCUT2D eigenvalue weighted by Gasteiger charge is 2.15. The van der Waals surface area contributed by atoms with Crippen molar-refractivity contribution >= 4 is 35.2 Å². The van der Waals surface area contributed by atoms with Crippen LogP contribution in [-0.4, -0.2) is 45.5 Å². The molecule has 0 bridgehead atoms. The molecule has 1 heterocycles. The van der Waals surface area contributed by atoms with Crippen molar-refractivity contribution in [2.75, 3.05) is 13.2 Å². The summed E-state index contributed by atoms with van der Waals surface area (Å²) in [6.45, 7) is 16.6. The van der Waals surface area contributed by atoms with E-state index in [0.29, 0.717) is 5.75 Å². The topological polar surface area (TPSA) is 145 Å². The number of aliphatic hydroxyl groups is 1. The van der Waals surface area contributed by atoms with Gasteiger partial charge in [0.2, 0.25) is 0 Å². The number of aliphatic hydroxyl groups excluding tert-OH is 1. The van der Waals surface area contributed by atoms with Crippen LogP contribution < -0.4 is 20.7 Å². The first kappa shape index (κ1) is 52.9. The zero-order valence-corrected chi connectivity index (χ0v) is 37.1. The number of hydrogen-bond donors (Lipinski definition) is 2. The van der Waals surface area contributed by atoms with E-state index in [4.69, 9.17) is 14.6 Å². The molecule has 63 heavy (non-hydrogen) atoms. The van der Waals surface area contributed by atoms with Crippen LogP contribution in [0.25, 0.3) is 0 Å². The second-order valence-corrected chi connectivity index (χ2v) is 16.3. The third-order valence-electron chi connectivity index (χ3n) is 9.07. The van der Waals surface area contributed by atoms with Gasteiger partial charge in [0.05, 0.1) is 22.1 Å². The lowest BCUT2D eigenvalue weighted by Gasteiger charge is -2.18. The third-order valence-corrected chi connectivity index (χ3v) is 11.5. The van der Waals surface area contributed by atoms with E-state index < -0.39 is 17.8 Å². The largest absolute Gasteiger partial charge is 0.508 e. The summed E-state index contributed by atoms with van der Waals surface area (Å²) in [4.78, 5) is 19.7. The Labute approximate surface area is 375 Å². The Morgan fingerprint density at radius 3 is 1.24 bits per heavy atom. The van der Waals surface area contributed by atoms with E-state index in [-0.39, 0.29) is 29.3 Å².